The van der Waals surface area contributed by atoms with Crippen LogP contribution < -0.4 is 14.4 Å². The molecular weight excluding hydrogens is 230 g/mol. The predicted octanol–water partition coefficient (Wildman–Crippen LogP) is 1.84. The van der Waals surface area contributed by atoms with Crippen LogP contribution in [0.15, 0.2) is 12.1 Å². The van der Waals surface area contributed by atoms with E-state index in [2.05, 4.69) is 0 Å². The van der Waals surface area contributed by atoms with Crippen molar-refractivity contribution in [2.45, 2.75) is 32.0 Å². The standard InChI is InChI=1S/C14H21NO3/c1-14(2)13(16)7-9-6-12(17-5)10(15(3)4)8-11(9)18-14/h6,8,13,16H,7H2,1-5H3. The quantitative estimate of drug-likeness (QED) is 0.871. The molecule has 4 heteroatoms. The highest BCUT2D eigenvalue weighted by atomic mass is 16.5. The maximum absolute atomic E-state index is 10.0. The van der Waals surface area contributed by atoms with Crippen LogP contribution in [0.2, 0.25) is 0 Å². The maximum Gasteiger partial charge on any atom is 0.142 e. The van der Waals surface area contributed by atoms with Crippen molar-refractivity contribution in [2.75, 3.05) is 26.1 Å². The lowest BCUT2D eigenvalue weighted by Crippen LogP contribution is -2.46. The maximum atomic E-state index is 10.0. The largest absolute Gasteiger partial charge is 0.495 e. The van der Waals surface area contributed by atoms with Crippen molar-refractivity contribution in [3.8, 4) is 11.5 Å². The van der Waals surface area contributed by atoms with Gasteiger partial charge in [-0.05, 0) is 19.9 Å². The summed E-state index contributed by atoms with van der Waals surface area (Å²) in [5.41, 5.74) is 1.42. The summed E-state index contributed by atoms with van der Waals surface area (Å²) >= 11 is 0. The summed E-state index contributed by atoms with van der Waals surface area (Å²) in [6.45, 7) is 3.81. The van der Waals surface area contributed by atoms with Gasteiger partial charge in [0.15, 0.2) is 0 Å². The highest BCUT2D eigenvalue weighted by Crippen LogP contribution is 2.40. The van der Waals surface area contributed by atoms with Gasteiger partial charge < -0.3 is 19.5 Å². The van der Waals surface area contributed by atoms with Crippen molar-refractivity contribution in [1.82, 2.24) is 0 Å². The minimum absolute atomic E-state index is 0.500. The van der Waals surface area contributed by atoms with E-state index >= 15 is 0 Å². The molecule has 100 valence electrons. The number of ether oxygens (including phenoxy) is 2. The van der Waals surface area contributed by atoms with Crippen molar-refractivity contribution < 1.29 is 14.6 Å². The summed E-state index contributed by atoms with van der Waals surface area (Å²) < 4.78 is 11.3. The normalized spacial score (nSPS) is 20.9. The molecule has 0 aromatic heterocycles. The molecule has 1 aromatic rings. The van der Waals surface area contributed by atoms with E-state index in [0.29, 0.717) is 6.42 Å². The van der Waals surface area contributed by atoms with Gasteiger partial charge in [0.25, 0.3) is 0 Å². The van der Waals surface area contributed by atoms with Crippen LogP contribution in [0.3, 0.4) is 0 Å². The molecule has 0 aliphatic carbocycles. The molecule has 1 N–H and O–H groups in total. The smallest absolute Gasteiger partial charge is 0.142 e. The Balaban J connectivity index is 2.48. The number of nitrogens with zero attached hydrogens (tertiary/aromatic N) is 1. The average molecular weight is 251 g/mol. The number of hydrogen-bond donors (Lipinski definition) is 1. The number of benzene rings is 1. The van der Waals surface area contributed by atoms with Gasteiger partial charge in [0.1, 0.15) is 17.1 Å². The third-order valence-corrected chi connectivity index (χ3v) is 3.43. The highest BCUT2D eigenvalue weighted by Gasteiger charge is 2.36. The number of hydrogen-bond acceptors (Lipinski definition) is 4. The third-order valence-electron chi connectivity index (χ3n) is 3.43. The van der Waals surface area contributed by atoms with Crippen LogP contribution in [0, 0.1) is 0 Å². The lowest BCUT2D eigenvalue weighted by atomic mass is 9.91. The van der Waals surface area contributed by atoms with Crippen LogP contribution >= 0.6 is 0 Å². The number of methoxy groups -OCH3 is 1. The topological polar surface area (TPSA) is 41.9 Å². The summed E-state index contributed by atoms with van der Waals surface area (Å²) in [5, 5.41) is 10.0. The molecule has 0 fully saturated rings. The van der Waals surface area contributed by atoms with Gasteiger partial charge in [0, 0.05) is 32.1 Å². The molecule has 1 heterocycles. The molecule has 1 aromatic carbocycles. The van der Waals surface area contributed by atoms with Gasteiger partial charge in [-0.1, -0.05) is 0 Å². The molecule has 0 bridgehead atoms. The molecule has 0 radical (unpaired) electrons. The van der Waals surface area contributed by atoms with E-state index in [9.17, 15) is 5.11 Å². The summed E-state index contributed by atoms with van der Waals surface area (Å²) in [5.74, 6) is 1.63. The van der Waals surface area contributed by atoms with E-state index in [1.807, 2.05) is 45.0 Å². The zero-order valence-electron chi connectivity index (χ0n) is 11.7. The Hall–Kier alpha value is -1.42. The second-order valence-corrected chi connectivity index (χ2v) is 5.45. The molecule has 1 aliphatic heterocycles. The fourth-order valence-corrected chi connectivity index (χ4v) is 2.16. The van der Waals surface area contributed by atoms with E-state index in [1.165, 1.54) is 0 Å². The van der Waals surface area contributed by atoms with Crippen LogP contribution in [-0.4, -0.2) is 38.0 Å². The second-order valence-electron chi connectivity index (χ2n) is 5.45. The summed E-state index contributed by atoms with van der Waals surface area (Å²) in [6, 6.07) is 3.92. The Labute approximate surface area is 108 Å². The van der Waals surface area contributed by atoms with Gasteiger partial charge in [-0.25, -0.2) is 0 Å². The molecular formula is C14H21NO3. The van der Waals surface area contributed by atoms with Crippen molar-refractivity contribution in [3.05, 3.63) is 17.7 Å². The van der Waals surface area contributed by atoms with Crippen molar-refractivity contribution in [2.24, 2.45) is 0 Å². The second kappa shape index (κ2) is 4.35. The molecule has 0 saturated carbocycles. The fourth-order valence-electron chi connectivity index (χ4n) is 2.16. The highest BCUT2D eigenvalue weighted by molar-refractivity contribution is 5.64. The van der Waals surface area contributed by atoms with Crippen LogP contribution in [0.25, 0.3) is 0 Å². The number of anilines is 1. The molecule has 0 amide bonds. The molecule has 4 nitrogen and oxygen atoms in total. The first-order valence-corrected chi connectivity index (χ1v) is 6.10. The van der Waals surface area contributed by atoms with Crippen molar-refractivity contribution in [1.29, 1.82) is 0 Å². The average Bonchev–Trinajstić information content (AvgIpc) is 2.28. The van der Waals surface area contributed by atoms with E-state index in [1.54, 1.807) is 7.11 Å². The SMILES string of the molecule is COc1cc2c(cc1N(C)C)OC(C)(C)C(O)C2. The first-order valence-electron chi connectivity index (χ1n) is 6.10. The van der Waals surface area contributed by atoms with Gasteiger partial charge in [0.05, 0.1) is 18.9 Å². The van der Waals surface area contributed by atoms with Crippen LogP contribution in [0.5, 0.6) is 11.5 Å². The van der Waals surface area contributed by atoms with Gasteiger partial charge in [0.2, 0.25) is 0 Å². The Morgan fingerprint density at radius 1 is 1.39 bits per heavy atom. The van der Waals surface area contributed by atoms with Crippen LogP contribution in [-0.2, 0) is 6.42 Å². The van der Waals surface area contributed by atoms with Gasteiger partial charge in [-0.2, -0.15) is 0 Å². The molecule has 1 aliphatic rings. The van der Waals surface area contributed by atoms with E-state index in [0.717, 1.165) is 22.7 Å². The Morgan fingerprint density at radius 3 is 2.61 bits per heavy atom. The van der Waals surface area contributed by atoms with Crippen molar-refractivity contribution >= 4 is 5.69 Å². The predicted molar refractivity (Wildman–Crippen MR) is 71.7 cm³/mol. The van der Waals surface area contributed by atoms with E-state index in [4.69, 9.17) is 9.47 Å². The third kappa shape index (κ3) is 2.12. The van der Waals surface area contributed by atoms with Gasteiger partial charge in [-0.3, -0.25) is 0 Å². The Bertz CT molecular complexity index is 455. The van der Waals surface area contributed by atoms with Gasteiger partial charge in [-0.15, -0.1) is 0 Å². The lowest BCUT2D eigenvalue weighted by Gasteiger charge is -2.37. The molecule has 0 spiro atoms. The zero-order chi connectivity index (χ0) is 13.5. The first-order chi connectivity index (χ1) is 8.35. The number of fused-ring (bicyclic) bond motifs is 1. The Kier molecular flexibility index (Phi) is 3.15. The van der Waals surface area contributed by atoms with E-state index < -0.39 is 11.7 Å². The molecule has 18 heavy (non-hydrogen) atoms. The van der Waals surface area contributed by atoms with Crippen LogP contribution in [0.4, 0.5) is 5.69 Å². The lowest BCUT2D eigenvalue weighted by molar-refractivity contribution is -0.0411. The Morgan fingerprint density at radius 2 is 2.06 bits per heavy atom. The summed E-state index contributed by atoms with van der Waals surface area (Å²) in [6.07, 6.45) is 0.0896. The first kappa shape index (κ1) is 13.0. The monoisotopic (exact) mass is 251 g/mol. The molecule has 1 unspecified atom stereocenters. The van der Waals surface area contributed by atoms with E-state index in [-0.39, 0.29) is 0 Å². The summed E-state index contributed by atoms with van der Waals surface area (Å²) in [7, 11) is 5.58. The minimum atomic E-state index is -0.550. The zero-order valence-corrected chi connectivity index (χ0v) is 11.7. The number of aliphatic hydroxyl groups excluding tert-OH is 1. The van der Waals surface area contributed by atoms with Gasteiger partial charge >= 0.3 is 0 Å². The number of rotatable bonds is 2. The minimum Gasteiger partial charge on any atom is -0.495 e. The summed E-state index contributed by atoms with van der Waals surface area (Å²) in [4.78, 5) is 1.99. The van der Waals surface area contributed by atoms with Crippen LogP contribution in [0.1, 0.15) is 19.4 Å². The molecule has 0 saturated heterocycles. The molecule has 1 atom stereocenters. The molecule has 2 rings (SSSR count). The fraction of sp³-hybridized carbons (Fsp3) is 0.571. The van der Waals surface area contributed by atoms with Crippen molar-refractivity contribution in [3.63, 3.8) is 0 Å². The number of aliphatic hydroxyl groups is 1.